The lowest BCUT2D eigenvalue weighted by Crippen LogP contribution is -2.02. The quantitative estimate of drug-likeness (QED) is 0.544. The summed E-state index contributed by atoms with van der Waals surface area (Å²) >= 11 is 0. The molecule has 1 aromatic heterocycles. The van der Waals surface area contributed by atoms with Gasteiger partial charge in [-0.25, -0.2) is 4.68 Å². The van der Waals surface area contributed by atoms with Crippen LogP contribution in [-0.2, 0) is 0 Å². The molecule has 1 heterocycles. The van der Waals surface area contributed by atoms with Gasteiger partial charge in [0.25, 0.3) is 0 Å². The van der Waals surface area contributed by atoms with E-state index in [1.54, 1.807) is 12.1 Å². The molecule has 3 aromatic rings. The van der Waals surface area contributed by atoms with Crippen LogP contribution in [0.5, 0.6) is 11.5 Å². The second-order valence-electron chi connectivity index (χ2n) is 5.27. The molecule has 6 N–H and O–H groups in total. The Kier molecular flexibility index (Phi) is 4.02. The zero-order chi connectivity index (χ0) is 18.0. The van der Waals surface area contributed by atoms with Crippen LogP contribution in [0.1, 0.15) is 11.3 Å². The van der Waals surface area contributed by atoms with Gasteiger partial charge in [-0.2, -0.15) is 10.4 Å². The number of anilines is 2. The molecule has 0 amide bonds. The van der Waals surface area contributed by atoms with Crippen LogP contribution in [0.2, 0.25) is 0 Å². The van der Waals surface area contributed by atoms with Crippen molar-refractivity contribution in [3.63, 3.8) is 0 Å². The van der Waals surface area contributed by atoms with E-state index in [-0.39, 0.29) is 39.8 Å². The second kappa shape index (κ2) is 6.29. The monoisotopic (exact) mass is 333 g/mol. The van der Waals surface area contributed by atoms with Gasteiger partial charge in [0.1, 0.15) is 28.9 Å². The number of phenolic OH excluding ortho intramolecular Hbond substituents is 2. The number of allylic oxidation sites excluding steroid dienone is 1. The average molecular weight is 333 g/mol. The maximum atomic E-state index is 9.89. The molecule has 124 valence electrons. The zero-order valence-corrected chi connectivity index (χ0v) is 13.1. The number of nitriles is 1. The minimum atomic E-state index is -0.165. The van der Waals surface area contributed by atoms with Crippen molar-refractivity contribution in [2.75, 3.05) is 11.5 Å². The molecule has 2 aromatic carbocycles. The normalized spacial score (nSPS) is 11.2. The highest BCUT2D eigenvalue weighted by Gasteiger charge is 2.18. The lowest BCUT2D eigenvalue weighted by Gasteiger charge is -2.03. The average Bonchev–Trinajstić information content (AvgIpc) is 2.91. The fourth-order valence-corrected chi connectivity index (χ4v) is 2.40. The molecule has 0 saturated carbocycles. The van der Waals surface area contributed by atoms with Crippen molar-refractivity contribution in [3.05, 3.63) is 59.8 Å². The minimum Gasteiger partial charge on any atom is -0.507 e. The largest absolute Gasteiger partial charge is 0.507 e. The Balaban J connectivity index is 2.15. The van der Waals surface area contributed by atoms with Crippen LogP contribution in [-0.4, -0.2) is 20.0 Å². The van der Waals surface area contributed by atoms with Crippen LogP contribution in [0, 0.1) is 11.3 Å². The van der Waals surface area contributed by atoms with Crippen molar-refractivity contribution >= 4 is 23.2 Å². The molecule has 0 saturated heterocycles. The summed E-state index contributed by atoms with van der Waals surface area (Å²) in [6, 6.07) is 15.4. The van der Waals surface area contributed by atoms with Gasteiger partial charge in [0.05, 0.1) is 16.8 Å². The van der Waals surface area contributed by atoms with Gasteiger partial charge in [0.2, 0.25) is 0 Å². The molecular formula is C18H15N5O2. The number of benzene rings is 2. The molecule has 25 heavy (non-hydrogen) atoms. The summed E-state index contributed by atoms with van der Waals surface area (Å²) in [6.45, 7) is 0. The van der Waals surface area contributed by atoms with Crippen molar-refractivity contribution in [2.24, 2.45) is 0 Å². The van der Waals surface area contributed by atoms with Gasteiger partial charge in [-0.05, 0) is 30.3 Å². The van der Waals surface area contributed by atoms with Crippen LogP contribution < -0.4 is 11.5 Å². The summed E-state index contributed by atoms with van der Waals surface area (Å²) in [4.78, 5) is 0. The first-order valence-corrected chi connectivity index (χ1v) is 7.35. The van der Waals surface area contributed by atoms with E-state index >= 15 is 0 Å². The first-order chi connectivity index (χ1) is 12.0. The van der Waals surface area contributed by atoms with Crippen LogP contribution >= 0.6 is 0 Å². The molecule has 7 nitrogen and oxygen atoms in total. The lowest BCUT2D eigenvalue weighted by molar-refractivity contribution is 0.448. The van der Waals surface area contributed by atoms with Crippen LogP contribution in [0.3, 0.4) is 0 Å². The summed E-state index contributed by atoms with van der Waals surface area (Å²) in [7, 11) is 0. The molecule has 3 rings (SSSR count). The molecule has 7 heteroatoms. The number of hydrogen-bond donors (Lipinski definition) is 4. The Bertz CT molecular complexity index is 980. The molecule has 0 radical (unpaired) electrons. The molecular weight excluding hydrogens is 318 g/mol. The Labute approximate surface area is 143 Å². The van der Waals surface area contributed by atoms with E-state index in [2.05, 4.69) is 5.10 Å². The first kappa shape index (κ1) is 16.0. The molecule has 0 fully saturated rings. The zero-order valence-electron chi connectivity index (χ0n) is 13.1. The predicted octanol–water partition coefficient (Wildman–Crippen LogP) is 2.51. The number of hydrogen-bond acceptors (Lipinski definition) is 6. The van der Waals surface area contributed by atoms with E-state index in [4.69, 9.17) is 11.5 Å². The fourth-order valence-electron chi connectivity index (χ4n) is 2.40. The fraction of sp³-hybridized carbons (Fsp3) is 0. The summed E-state index contributed by atoms with van der Waals surface area (Å²) in [5, 5.41) is 33.6. The van der Waals surface area contributed by atoms with Gasteiger partial charge in [-0.15, -0.1) is 0 Å². The van der Waals surface area contributed by atoms with Crippen molar-refractivity contribution < 1.29 is 10.2 Å². The highest BCUT2D eigenvalue weighted by atomic mass is 16.3. The minimum absolute atomic E-state index is 0.0654. The summed E-state index contributed by atoms with van der Waals surface area (Å²) in [5.41, 5.74) is 13.2. The maximum Gasteiger partial charge on any atom is 0.151 e. The third-order valence-corrected chi connectivity index (χ3v) is 3.68. The maximum absolute atomic E-state index is 9.89. The van der Waals surface area contributed by atoms with E-state index in [0.29, 0.717) is 5.69 Å². The van der Waals surface area contributed by atoms with Gasteiger partial charge in [0.15, 0.2) is 5.82 Å². The molecule has 0 bridgehead atoms. The van der Waals surface area contributed by atoms with Crippen molar-refractivity contribution in [3.8, 4) is 23.3 Å². The second-order valence-corrected chi connectivity index (χ2v) is 5.27. The van der Waals surface area contributed by atoms with E-state index < -0.39 is 0 Å². The number of aromatic hydroxyl groups is 2. The molecule has 0 unspecified atom stereocenters. The summed E-state index contributed by atoms with van der Waals surface area (Å²) in [6.07, 6.45) is 1.32. The Morgan fingerprint density at radius 2 is 1.68 bits per heavy atom. The van der Waals surface area contributed by atoms with E-state index in [1.807, 2.05) is 24.3 Å². The first-order valence-electron chi connectivity index (χ1n) is 7.35. The van der Waals surface area contributed by atoms with Gasteiger partial charge in [-0.3, -0.25) is 0 Å². The lowest BCUT2D eigenvalue weighted by atomic mass is 10.1. The highest BCUT2D eigenvalue weighted by Crippen LogP contribution is 2.33. The molecule has 0 aliphatic heterocycles. The van der Waals surface area contributed by atoms with Gasteiger partial charge in [0, 0.05) is 0 Å². The van der Waals surface area contributed by atoms with E-state index in [9.17, 15) is 15.5 Å². The topological polar surface area (TPSA) is 134 Å². The van der Waals surface area contributed by atoms with Crippen molar-refractivity contribution in [2.45, 2.75) is 0 Å². The number of aromatic nitrogens is 2. The van der Waals surface area contributed by atoms with Gasteiger partial charge >= 0.3 is 0 Å². The number of rotatable bonds is 3. The smallest absolute Gasteiger partial charge is 0.151 e. The SMILES string of the molecule is N#C/C(=C\c1c(O)cccc1O)c1nn(-c2ccccc2)c(N)c1N. The number of nitrogen functional groups attached to an aromatic ring is 2. The number of phenols is 2. The number of nitrogens with zero attached hydrogens (tertiary/aromatic N) is 3. The third kappa shape index (κ3) is 2.84. The third-order valence-electron chi connectivity index (χ3n) is 3.68. The van der Waals surface area contributed by atoms with Crippen molar-refractivity contribution in [1.29, 1.82) is 5.26 Å². The molecule has 0 spiro atoms. The summed E-state index contributed by atoms with van der Waals surface area (Å²) in [5.74, 6) is -0.132. The standard InChI is InChI=1S/C18H15N5O2/c19-10-11(9-13-14(24)7-4-8-15(13)25)17-16(20)18(21)23(22-17)12-5-2-1-3-6-12/h1-9,24-25H,20-21H2/b11-9+. The van der Waals surface area contributed by atoms with Crippen LogP contribution in [0.15, 0.2) is 48.5 Å². The Hall–Kier alpha value is -3.92. The van der Waals surface area contributed by atoms with Gasteiger partial charge in [-0.1, -0.05) is 24.3 Å². The Morgan fingerprint density at radius 1 is 1.04 bits per heavy atom. The number of nitrogens with two attached hydrogens (primary N) is 2. The van der Waals surface area contributed by atoms with Crippen LogP contribution in [0.25, 0.3) is 17.3 Å². The van der Waals surface area contributed by atoms with Crippen LogP contribution in [0.4, 0.5) is 11.5 Å². The van der Waals surface area contributed by atoms with E-state index in [0.717, 1.165) is 0 Å². The van der Waals surface area contributed by atoms with Crippen molar-refractivity contribution in [1.82, 2.24) is 9.78 Å². The number of para-hydroxylation sites is 1. The predicted molar refractivity (Wildman–Crippen MR) is 95.6 cm³/mol. The summed E-state index contributed by atoms with van der Waals surface area (Å²) < 4.78 is 1.43. The molecule has 0 atom stereocenters. The highest BCUT2D eigenvalue weighted by molar-refractivity contribution is 5.95. The molecule has 0 aliphatic rings. The molecule has 0 aliphatic carbocycles. The Morgan fingerprint density at radius 3 is 2.28 bits per heavy atom. The van der Waals surface area contributed by atoms with E-state index in [1.165, 1.54) is 29.0 Å². The van der Waals surface area contributed by atoms with Gasteiger partial charge < -0.3 is 21.7 Å².